The number of amides is 1. The number of carbonyl (C=O) groups is 1. The number of carbonyl (C=O) groups excluding carboxylic acids is 1. The molecule has 0 radical (unpaired) electrons. The smallest absolute Gasteiger partial charge is 0.256 e. The molecule has 0 unspecified atom stereocenters. The van der Waals surface area contributed by atoms with Gasteiger partial charge in [0.1, 0.15) is 5.76 Å². The van der Waals surface area contributed by atoms with Gasteiger partial charge in [0.25, 0.3) is 5.91 Å². The Morgan fingerprint density at radius 2 is 2.00 bits per heavy atom. The van der Waals surface area contributed by atoms with Crippen molar-refractivity contribution in [2.45, 2.75) is 20.0 Å². The fraction of sp³-hybridized carbons (Fsp3) is 0.167. The first kappa shape index (κ1) is 15.8. The summed E-state index contributed by atoms with van der Waals surface area (Å²) in [6.45, 7) is 3.00. The average molecular weight is 346 g/mol. The number of hydrogen-bond acceptors (Lipinski definition) is 3. The minimum atomic E-state index is -0.0974. The first-order chi connectivity index (χ1) is 11.1. The molecular weight excluding hydrogens is 330 g/mol. The van der Waals surface area contributed by atoms with E-state index in [-0.39, 0.29) is 5.91 Å². The molecule has 23 heavy (non-hydrogen) atoms. The molecule has 0 aliphatic heterocycles. The van der Waals surface area contributed by atoms with Crippen molar-refractivity contribution in [3.05, 3.63) is 80.9 Å². The zero-order chi connectivity index (χ0) is 16.2. The lowest BCUT2D eigenvalue weighted by molar-refractivity contribution is 0.0719. The van der Waals surface area contributed by atoms with Crippen LogP contribution < -0.4 is 0 Å². The summed E-state index contributed by atoms with van der Waals surface area (Å²) in [5.41, 5.74) is 1.70. The monoisotopic (exact) mass is 345 g/mol. The van der Waals surface area contributed by atoms with E-state index in [0.717, 1.165) is 10.6 Å². The molecule has 2 aromatic heterocycles. The highest BCUT2D eigenvalue weighted by atomic mass is 35.5. The van der Waals surface area contributed by atoms with Crippen LogP contribution in [0.15, 0.2) is 58.5 Å². The topological polar surface area (TPSA) is 33.5 Å². The second-order valence-corrected chi connectivity index (χ2v) is 6.66. The Hall–Kier alpha value is -2.04. The van der Waals surface area contributed by atoms with Gasteiger partial charge in [-0.2, -0.15) is 0 Å². The largest absolute Gasteiger partial charge is 0.467 e. The minimum absolute atomic E-state index is 0.0974. The van der Waals surface area contributed by atoms with Crippen molar-refractivity contribution in [1.29, 1.82) is 0 Å². The van der Waals surface area contributed by atoms with Gasteiger partial charge in [-0.25, -0.2) is 0 Å². The second-order valence-electron chi connectivity index (χ2n) is 5.25. The summed E-state index contributed by atoms with van der Waals surface area (Å²) in [5, 5.41) is 2.50. The third kappa shape index (κ3) is 3.66. The van der Waals surface area contributed by atoms with Crippen molar-refractivity contribution in [1.82, 2.24) is 4.90 Å². The lowest BCUT2D eigenvalue weighted by atomic mass is 10.2. The molecule has 0 bridgehead atoms. The van der Waals surface area contributed by atoms with Crippen molar-refractivity contribution in [3.8, 4) is 0 Å². The van der Waals surface area contributed by atoms with E-state index in [1.807, 2.05) is 29.6 Å². The normalized spacial score (nSPS) is 10.7. The molecular formula is C18H16ClNO2S. The Morgan fingerprint density at radius 1 is 1.17 bits per heavy atom. The molecule has 0 aliphatic carbocycles. The summed E-state index contributed by atoms with van der Waals surface area (Å²) in [7, 11) is 0. The number of halogens is 1. The van der Waals surface area contributed by atoms with Crippen LogP contribution in [0.25, 0.3) is 0 Å². The van der Waals surface area contributed by atoms with Crippen LogP contribution in [0.3, 0.4) is 0 Å². The van der Waals surface area contributed by atoms with Crippen LogP contribution in [0.1, 0.15) is 26.6 Å². The van der Waals surface area contributed by atoms with Crippen molar-refractivity contribution >= 4 is 28.8 Å². The van der Waals surface area contributed by atoms with E-state index in [0.29, 0.717) is 23.7 Å². The first-order valence-corrected chi connectivity index (χ1v) is 8.50. The Balaban J connectivity index is 1.89. The maximum atomic E-state index is 12.9. The number of benzene rings is 1. The minimum Gasteiger partial charge on any atom is -0.467 e. The van der Waals surface area contributed by atoms with Gasteiger partial charge in [-0.15, -0.1) is 11.3 Å². The number of hydrogen-bond donors (Lipinski definition) is 0. The molecule has 0 N–H and O–H groups in total. The molecule has 5 heteroatoms. The van der Waals surface area contributed by atoms with E-state index in [1.54, 1.807) is 34.6 Å². The van der Waals surface area contributed by atoms with E-state index in [2.05, 4.69) is 13.0 Å². The van der Waals surface area contributed by atoms with Crippen molar-refractivity contribution in [3.63, 3.8) is 0 Å². The maximum absolute atomic E-state index is 12.9. The Bertz CT molecular complexity index is 795. The van der Waals surface area contributed by atoms with E-state index in [9.17, 15) is 4.79 Å². The van der Waals surface area contributed by atoms with E-state index in [1.165, 1.54) is 5.56 Å². The van der Waals surface area contributed by atoms with Gasteiger partial charge in [0, 0.05) is 4.88 Å². The Kier molecular flexibility index (Phi) is 4.84. The molecule has 0 aliphatic rings. The lowest BCUT2D eigenvalue weighted by Gasteiger charge is -2.22. The molecule has 1 aromatic carbocycles. The number of nitrogens with zero attached hydrogens (tertiary/aromatic N) is 1. The highest BCUT2D eigenvalue weighted by molar-refractivity contribution is 7.10. The molecule has 0 spiro atoms. The fourth-order valence-electron chi connectivity index (χ4n) is 2.33. The highest BCUT2D eigenvalue weighted by Crippen LogP contribution is 2.23. The number of furan rings is 1. The summed E-state index contributed by atoms with van der Waals surface area (Å²) in [5.74, 6) is 0.652. The Labute approximate surface area is 144 Å². The van der Waals surface area contributed by atoms with E-state index >= 15 is 0 Å². The molecule has 0 saturated heterocycles. The predicted molar refractivity (Wildman–Crippen MR) is 92.8 cm³/mol. The van der Waals surface area contributed by atoms with Crippen molar-refractivity contribution in [2.75, 3.05) is 0 Å². The molecule has 0 saturated carbocycles. The zero-order valence-electron chi connectivity index (χ0n) is 12.7. The van der Waals surface area contributed by atoms with Gasteiger partial charge in [0.15, 0.2) is 0 Å². The quantitative estimate of drug-likeness (QED) is 0.641. The number of aryl methyl sites for hydroxylation is 1. The molecule has 3 nitrogen and oxygen atoms in total. The third-order valence-corrected chi connectivity index (χ3v) is 4.96. The van der Waals surface area contributed by atoms with Gasteiger partial charge in [0.2, 0.25) is 0 Å². The number of thiophene rings is 1. The van der Waals surface area contributed by atoms with Gasteiger partial charge in [0.05, 0.1) is 29.9 Å². The summed E-state index contributed by atoms with van der Waals surface area (Å²) >= 11 is 7.84. The predicted octanol–water partition coefficient (Wildman–Crippen LogP) is 5.15. The van der Waals surface area contributed by atoms with Crippen molar-refractivity contribution in [2.24, 2.45) is 0 Å². The fourth-order valence-corrected chi connectivity index (χ4v) is 3.47. The van der Waals surface area contributed by atoms with Crippen LogP contribution in [-0.2, 0) is 13.1 Å². The highest BCUT2D eigenvalue weighted by Gasteiger charge is 2.20. The van der Waals surface area contributed by atoms with Gasteiger partial charge in [-0.1, -0.05) is 23.7 Å². The molecule has 3 aromatic rings. The van der Waals surface area contributed by atoms with E-state index < -0.39 is 0 Å². The average Bonchev–Trinajstić information content (AvgIpc) is 3.19. The van der Waals surface area contributed by atoms with Gasteiger partial charge >= 0.3 is 0 Å². The summed E-state index contributed by atoms with van der Waals surface area (Å²) in [4.78, 5) is 15.9. The standard InChI is InChI=1S/C18H16ClNO2S/c1-13-8-10-23-17(13)12-20(11-14-5-4-9-22-14)18(21)15-6-2-3-7-16(15)19/h2-10H,11-12H2,1H3. The molecule has 1 amide bonds. The lowest BCUT2D eigenvalue weighted by Crippen LogP contribution is -2.30. The van der Waals surface area contributed by atoms with Gasteiger partial charge in [-0.05, 0) is 48.2 Å². The van der Waals surface area contributed by atoms with Gasteiger partial charge < -0.3 is 9.32 Å². The molecule has 0 fully saturated rings. The van der Waals surface area contributed by atoms with Gasteiger partial charge in [-0.3, -0.25) is 4.79 Å². The second kappa shape index (κ2) is 7.02. The van der Waals surface area contributed by atoms with E-state index in [4.69, 9.17) is 16.0 Å². The third-order valence-electron chi connectivity index (χ3n) is 3.62. The van der Waals surface area contributed by atoms with Crippen LogP contribution >= 0.6 is 22.9 Å². The molecule has 0 atom stereocenters. The van der Waals surface area contributed by atoms with Crippen LogP contribution in [0.4, 0.5) is 0 Å². The van der Waals surface area contributed by atoms with Crippen molar-refractivity contribution < 1.29 is 9.21 Å². The summed E-state index contributed by atoms with van der Waals surface area (Å²) in [6, 6.07) is 12.9. The first-order valence-electron chi connectivity index (χ1n) is 7.24. The zero-order valence-corrected chi connectivity index (χ0v) is 14.2. The van der Waals surface area contributed by atoms with Crippen LogP contribution in [-0.4, -0.2) is 10.8 Å². The summed E-state index contributed by atoms with van der Waals surface area (Å²) < 4.78 is 5.41. The van der Waals surface area contributed by atoms with Crippen LogP contribution in [0.2, 0.25) is 5.02 Å². The summed E-state index contributed by atoms with van der Waals surface area (Å²) in [6.07, 6.45) is 1.61. The SMILES string of the molecule is Cc1ccsc1CN(Cc1ccco1)C(=O)c1ccccc1Cl. The molecule has 118 valence electrons. The molecule has 2 heterocycles. The van der Waals surface area contributed by atoms with Crippen LogP contribution in [0, 0.1) is 6.92 Å². The maximum Gasteiger partial charge on any atom is 0.256 e. The Morgan fingerprint density at radius 3 is 2.65 bits per heavy atom. The number of rotatable bonds is 5. The van der Waals surface area contributed by atoms with Crippen LogP contribution in [0.5, 0.6) is 0 Å². The molecule has 3 rings (SSSR count).